The summed E-state index contributed by atoms with van der Waals surface area (Å²) in [5.41, 5.74) is 6.13. The lowest BCUT2D eigenvalue weighted by Gasteiger charge is -2.13. The van der Waals surface area contributed by atoms with E-state index in [9.17, 15) is 8.42 Å². The summed E-state index contributed by atoms with van der Waals surface area (Å²) in [6, 6.07) is 0. The van der Waals surface area contributed by atoms with Crippen LogP contribution in [0, 0.1) is 0 Å². The van der Waals surface area contributed by atoms with Gasteiger partial charge in [-0.15, -0.1) is 0 Å². The molecule has 0 aliphatic heterocycles. The Labute approximate surface area is 113 Å². The summed E-state index contributed by atoms with van der Waals surface area (Å²) >= 11 is 0. The fourth-order valence-corrected chi connectivity index (χ4v) is 2.01. The second kappa shape index (κ2) is 6.55. The number of rotatable bonds is 7. The van der Waals surface area contributed by atoms with Gasteiger partial charge in [-0.1, -0.05) is 6.92 Å². The van der Waals surface area contributed by atoms with Crippen LogP contribution in [0.2, 0.25) is 0 Å². The van der Waals surface area contributed by atoms with E-state index in [0.717, 1.165) is 0 Å². The first-order valence-electron chi connectivity index (χ1n) is 6.07. The fraction of sp³-hybridized carbons (Fsp3) is 0.636. The average molecular weight is 288 g/mol. The minimum atomic E-state index is -3.01. The minimum absolute atomic E-state index is 0.0350. The zero-order valence-corrected chi connectivity index (χ0v) is 12.2. The summed E-state index contributed by atoms with van der Waals surface area (Å²) in [6.45, 7) is 5.59. The van der Waals surface area contributed by atoms with Gasteiger partial charge in [0.1, 0.15) is 12.0 Å². The van der Waals surface area contributed by atoms with Crippen LogP contribution in [0.1, 0.15) is 20.8 Å². The molecule has 0 saturated carbocycles. The molecule has 0 bridgehead atoms. The molecule has 0 unspecified atom stereocenters. The van der Waals surface area contributed by atoms with Gasteiger partial charge in [-0.05, 0) is 13.8 Å². The van der Waals surface area contributed by atoms with Crippen molar-refractivity contribution in [3.05, 3.63) is 6.33 Å². The van der Waals surface area contributed by atoms with E-state index in [1.807, 2.05) is 13.8 Å². The van der Waals surface area contributed by atoms with Gasteiger partial charge in [-0.25, -0.2) is 13.4 Å². The normalized spacial score (nSPS) is 11.6. The van der Waals surface area contributed by atoms with Gasteiger partial charge in [0.2, 0.25) is 5.88 Å². The summed E-state index contributed by atoms with van der Waals surface area (Å²) in [5.74, 6) is 0.839. The van der Waals surface area contributed by atoms with Crippen LogP contribution in [0.25, 0.3) is 0 Å². The molecule has 0 aromatic carbocycles. The highest BCUT2D eigenvalue weighted by Gasteiger charge is 2.12. The molecular weight excluding hydrogens is 268 g/mol. The predicted molar refractivity (Wildman–Crippen MR) is 75.0 cm³/mol. The third-order valence-electron chi connectivity index (χ3n) is 2.34. The Bertz CT molecular complexity index is 517. The van der Waals surface area contributed by atoms with Crippen molar-refractivity contribution in [2.24, 2.45) is 0 Å². The topological polar surface area (TPSA) is 107 Å². The van der Waals surface area contributed by atoms with Crippen LogP contribution in [0.15, 0.2) is 6.33 Å². The summed E-state index contributed by atoms with van der Waals surface area (Å²) in [6.07, 6.45) is 1.27. The third kappa shape index (κ3) is 4.90. The Kier molecular flexibility index (Phi) is 5.34. The fourth-order valence-electron chi connectivity index (χ4n) is 1.31. The van der Waals surface area contributed by atoms with Crippen LogP contribution in [0.5, 0.6) is 5.88 Å². The Morgan fingerprint density at radius 2 is 2.11 bits per heavy atom. The highest BCUT2D eigenvalue weighted by Crippen LogP contribution is 2.25. The lowest BCUT2D eigenvalue weighted by molar-refractivity contribution is 0.234. The van der Waals surface area contributed by atoms with Gasteiger partial charge in [-0.2, -0.15) is 4.98 Å². The molecule has 8 heteroatoms. The number of hydrogen-bond donors (Lipinski definition) is 2. The second-order valence-electron chi connectivity index (χ2n) is 4.27. The standard InChI is InChI=1S/C11H20N4O3S/c1-4-19(16,17)6-5-13-10-9(12)11(15-7-14-10)18-8(2)3/h7-8H,4-6,12H2,1-3H3,(H,13,14,15). The van der Waals surface area contributed by atoms with Crippen molar-refractivity contribution < 1.29 is 13.2 Å². The quantitative estimate of drug-likeness (QED) is 0.760. The molecule has 7 nitrogen and oxygen atoms in total. The Morgan fingerprint density at radius 3 is 2.68 bits per heavy atom. The van der Waals surface area contributed by atoms with Gasteiger partial charge in [0, 0.05) is 12.3 Å². The lowest BCUT2D eigenvalue weighted by Crippen LogP contribution is -2.19. The molecular formula is C11H20N4O3S. The number of nitrogens with zero attached hydrogens (tertiary/aromatic N) is 2. The van der Waals surface area contributed by atoms with Gasteiger partial charge in [0.05, 0.1) is 11.9 Å². The van der Waals surface area contributed by atoms with Gasteiger partial charge >= 0.3 is 0 Å². The van der Waals surface area contributed by atoms with Crippen LogP contribution >= 0.6 is 0 Å². The van der Waals surface area contributed by atoms with Gasteiger partial charge in [0.15, 0.2) is 15.7 Å². The SMILES string of the molecule is CCS(=O)(=O)CCNc1ncnc(OC(C)C)c1N. The number of nitrogens with two attached hydrogens (primary N) is 1. The third-order valence-corrected chi connectivity index (χ3v) is 4.05. The van der Waals surface area contributed by atoms with Crippen LogP contribution in [0.3, 0.4) is 0 Å². The van der Waals surface area contributed by atoms with Gasteiger partial charge in [-0.3, -0.25) is 0 Å². The molecule has 0 atom stereocenters. The van der Waals surface area contributed by atoms with Crippen molar-refractivity contribution in [3.8, 4) is 5.88 Å². The zero-order valence-electron chi connectivity index (χ0n) is 11.4. The smallest absolute Gasteiger partial charge is 0.242 e. The first kappa shape index (κ1) is 15.5. The maximum Gasteiger partial charge on any atom is 0.242 e. The van der Waals surface area contributed by atoms with Crippen LogP contribution in [-0.2, 0) is 9.84 Å². The van der Waals surface area contributed by atoms with Crippen molar-refractivity contribution >= 4 is 21.3 Å². The summed E-state index contributed by atoms with van der Waals surface area (Å²) in [5, 5.41) is 2.88. The van der Waals surface area contributed by atoms with Crippen molar-refractivity contribution in [1.29, 1.82) is 0 Å². The minimum Gasteiger partial charge on any atom is -0.473 e. The summed E-state index contributed by atoms with van der Waals surface area (Å²) < 4.78 is 28.1. The maximum absolute atomic E-state index is 11.4. The average Bonchev–Trinajstić information content (AvgIpc) is 2.33. The molecule has 0 aliphatic carbocycles. The number of anilines is 2. The molecule has 1 rings (SSSR count). The second-order valence-corrected chi connectivity index (χ2v) is 6.74. The van der Waals surface area contributed by atoms with E-state index in [0.29, 0.717) is 11.7 Å². The number of hydrogen-bond acceptors (Lipinski definition) is 7. The van der Waals surface area contributed by atoms with Crippen molar-refractivity contribution in [3.63, 3.8) is 0 Å². The molecule has 1 aromatic rings. The first-order chi connectivity index (χ1) is 8.85. The van der Waals surface area contributed by atoms with Gasteiger partial charge in [0.25, 0.3) is 0 Å². The van der Waals surface area contributed by atoms with E-state index < -0.39 is 9.84 Å². The van der Waals surface area contributed by atoms with E-state index in [1.54, 1.807) is 6.92 Å². The molecule has 3 N–H and O–H groups in total. The number of aromatic nitrogens is 2. The van der Waals surface area contributed by atoms with E-state index in [-0.39, 0.29) is 29.8 Å². The molecule has 1 heterocycles. The van der Waals surface area contributed by atoms with Gasteiger partial charge < -0.3 is 15.8 Å². The van der Waals surface area contributed by atoms with E-state index >= 15 is 0 Å². The summed E-state index contributed by atoms with van der Waals surface area (Å²) in [7, 11) is -3.01. The molecule has 19 heavy (non-hydrogen) atoms. The van der Waals surface area contributed by atoms with E-state index in [4.69, 9.17) is 10.5 Å². The van der Waals surface area contributed by atoms with Crippen LogP contribution in [0.4, 0.5) is 11.5 Å². The van der Waals surface area contributed by atoms with Crippen molar-refractivity contribution in [2.45, 2.75) is 26.9 Å². The molecule has 108 valence electrons. The molecule has 1 aromatic heterocycles. The Balaban J connectivity index is 2.69. The number of ether oxygens (including phenoxy) is 1. The van der Waals surface area contributed by atoms with Crippen LogP contribution in [-0.4, -0.2) is 42.5 Å². The van der Waals surface area contributed by atoms with E-state index in [1.165, 1.54) is 6.33 Å². The zero-order chi connectivity index (χ0) is 14.5. The maximum atomic E-state index is 11.4. The van der Waals surface area contributed by atoms with Crippen LogP contribution < -0.4 is 15.8 Å². The lowest BCUT2D eigenvalue weighted by atomic mass is 10.4. The number of nitrogens with one attached hydrogen (secondary N) is 1. The highest BCUT2D eigenvalue weighted by atomic mass is 32.2. The Hall–Kier alpha value is -1.57. The Morgan fingerprint density at radius 1 is 1.42 bits per heavy atom. The molecule has 0 fully saturated rings. The van der Waals surface area contributed by atoms with Crippen molar-refractivity contribution in [1.82, 2.24) is 9.97 Å². The number of sulfone groups is 1. The highest BCUT2D eigenvalue weighted by molar-refractivity contribution is 7.91. The first-order valence-corrected chi connectivity index (χ1v) is 7.89. The number of nitrogen functional groups attached to an aromatic ring is 1. The predicted octanol–water partition coefficient (Wildman–Crippen LogP) is 0.693. The molecule has 0 spiro atoms. The summed E-state index contributed by atoms with van der Waals surface area (Å²) in [4.78, 5) is 7.91. The molecule has 0 saturated heterocycles. The monoisotopic (exact) mass is 288 g/mol. The largest absolute Gasteiger partial charge is 0.473 e. The molecule has 0 aliphatic rings. The van der Waals surface area contributed by atoms with E-state index in [2.05, 4.69) is 15.3 Å². The molecule has 0 radical (unpaired) electrons. The van der Waals surface area contributed by atoms with Crippen molar-refractivity contribution in [2.75, 3.05) is 29.1 Å². The molecule has 0 amide bonds.